The van der Waals surface area contributed by atoms with Crippen molar-refractivity contribution in [3.05, 3.63) is 35.1 Å². The second-order valence-corrected chi connectivity index (χ2v) is 2.91. The quantitative estimate of drug-likeness (QED) is 0.722. The van der Waals surface area contributed by atoms with Crippen LogP contribution in [0.4, 0.5) is 4.39 Å². The molecule has 0 heterocycles. The number of benzene rings is 1. The molecule has 3 heteroatoms. The number of hydrogen-bond donors (Lipinski definition) is 1. The minimum atomic E-state index is -0.463. The molecule has 1 unspecified atom stereocenters. The van der Waals surface area contributed by atoms with Crippen LogP contribution in [0.3, 0.4) is 0 Å². The van der Waals surface area contributed by atoms with Gasteiger partial charge in [-0.25, -0.2) is 4.39 Å². The third-order valence-corrected chi connectivity index (χ3v) is 2.08. The first-order chi connectivity index (χ1) is 6.19. The van der Waals surface area contributed by atoms with E-state index in [0.717, 1.165) is 5.56 Å². The Bertz CT molecular complexity index is 312. The van der Waals surface area contributed by atoms with E-state index < -0.39 is 5.82 Å². The molecule has 0 aromatic heterocycles. The van der Waals surface area contributed by atoms with E-state index in [-0.39, 0.29) is 11.6 Å². The maximum Gasteiger partial charge on any atom is 0.152 e. The molecule has 0 fully saturated rings. The minimum absolute atomic E-state index is 0.0928. The van der Waals surface area contributed by atoms with Crippen LogP contribution in [0.1, 0.15) is 28.9 Å². The minimum Gasteiger partial charge on any atom is -0.313 e. The fraction of sp³-hybridized carbons (Fsp3) is 0.300. The molecular formula is C10H12FNO. The van der Waals surface area contributed by atoms with Crippen LogP contribution in [0.5, 0.6) is 0 Å². The van der Waals surface area contributed by atoms with Crippen molar-refractivity contribution in [2.45, 2.75) is 13.0 Å². The molecular weight excluding hydrogens is 169 g/mol. The fourth-order valence-corrected chi connectivity index (χ4v) is 1.07. The van der Waals surface area contributed by atoms with Gasteiger partial charge in [0.15, 0.2) is 6.29 Å². The van der Waals surface area contributed by atoms with Gasteiger partial charge in [-0.05, 0) is 31.7 Å². The number of carbonyl (C=O) groups excluding carboxylic acids is 1. The Morgan fingerprint density at radius 2 is 2.23 bits per heavy atom. The highest BCUT2D eigenvalue weighted by molar-refractivity contribution is 5.75. The van der Waals surface area contributed by atoms with E-state index >= 15 is 0 Å². The SMILES string of the molecule is CNC(C)c1ccc(C=O)c(F)c1. The van der Waals surface area contributed by atoms with Crippen molar-refractivity contribution >= 4 is 6.29 Å². The lowest BCUT2D eigenvalue weighted by atomic mass is 10.1. The highest BCUT2D eigenvalue weighted by Gasteiger charge is 2.06. The monoisotopic (exact) mass is 181 g/mol. The molecule has 1 aromatic rings. The predicted octanol–water partition coefficient (Wildman–Crippen LogP) is 1.92. The van der Waals surface area contributed by atoms with E-state index in [1.54, 1.807) is 13.1 Å². The standard InChI is InChI=1S/C10H12FNO/c1-7(12-2)8-3-4-9(6-13)10(11)5-8/h3-7,12H,1-2H3. The maximum absolute atomic E-state index is 13.1. The zero-order chi connectivity index (χ0) is 9.84. The van der Waals surface area contributed by atoms with Crippen molar-refractivity contribution in [1.29, 1.82) is 0 Å². The highest BCUT2D eigenvalue weighted by Crippen LogP contribution is 2.15. The predicted molar refractivity (Wildman–Crippen MR) is 49.3 cm³/mol. The van der Waals surface area contributed by atoms with Crippen molar-refractivity contribution in [1.82, 2.24) is 5.32 Å². The summed E-state index contributed by atoms with van der Waals surface area (Å²) in [5.74, 6) is -0.463. The van der Waals surface area contributed by atoms with Gasteiger partial charge in [0.1, 0.15) is 5.82 Å². The van der Waals surface area contributed by atoms with E-state index in [2.05, 4.69) is 5.32 Å². The lowest BCUT2D eigenvalue weighted by Gasteiger charge is -2.10. The number of rotatable bonds is 3. The lowest BCUT2D eigenvalue weighted by molar-refractivity contribution is 0.112. The van der Waals surface area contributed by atoms with Crippen LogP contribution in [-0.2, 0) is 0 Å². The molecule has 0 aliphatic rings. The molecule has 2 nitrogen and oxygen atoms in total. The number of hydrogen-bond acceptors (Lipinski definition) is 2. The Kier molecular flexibility index (Phi) is 3.14. The molecule has 0 spiro atoms. The summed E-state index contributed by atoms with van der Waals surface area (Å²) in [7, 11) is 1.80. The summed E-state index contributed by atoms with van der Waals surface area (Å²) >= 11 is 0. The van der Waals surface area contributed by atoms with Gasteiger partial charge in [0.05, 0.1) is 5.56 Å². The van der Waals surface area contributed by atoms with Gasteiger partial charge in [-0.1, -0.05) is 6.07 Å². The van der Waals surface area contributed by atoms with E-state index in [1.165, 1.54) is 12.1 Å². The summed E-state index contributed by atoms with van der Waals surface area (Å²) < 4.78 is 13.1. The fourth-order valence-electron chi connectivity index (χ4n) is 1.07. The molecule has 1 atom stereocenters. The zero-order valence-electron chi connectivity index (χ0n) is 7.67. The van der Waals surface area contributed by atoms with Gasteiger partial charge in [-0.2, -0.15) is 0 Å². The van der Waals surface area contributed by atoms with Crippen molar-refractivity contribution in [2.75, 3.05) is 7.05 Å². The third-order valence-electron chi connectivity index (χ3n) is 2.08. The van der Waals surface area contributed by atoms with Crippen LogP contribution >= 0.6 is 0 Å². The van der Waals surface area contributed by atoms with Crippen LogP contribution in [0.2, 0.25) is 0 Å². The molecule has 0 aliphatic heterocycles. The topological polar surface area (TPSA) is 29.1 Å². The number of aldehydes is 1. The normalized spacial score (nSPS) is 12.5. The zero-order valence-corrected chi connectivity index (χ0v) is 7.67. The van der Waals surface area contributed by atoms with Gasteiger partial charge in [0.2, 0.25) is 0 Å². The van der Waals surface area contributed by atoms with Crippen LogP contribution in [0.25, 0.3) is 0 Å². The van der Waals surface area contributed by atoms with E-state index in [0.29, 0.717) is 6.29 Å². The molecule has 70 valence electrons. The van der Waals surface area contributed by atoms with Gasteiger partial charge in [-0.15, -0.1) is 0 Å². The average Bonchev–Trinajstić information content (AvgIpc) is 2.16. The number of carbonyl (C=O) groups is 1. The Labute approximate surface area is 76.8 Å². The van der Waals surface area contributed by atoms with Gasteiger partial charge < -0.3 is 5.32 Å². The first-order valence-electron chi connectivity index (χ1n) is 4.11. The maximum atomic E-state index is 13.1. The lowest BCUT2D eigenvalue weighted by Crippen LogP contribution is -2.12. The molecule has 0 radical (unpaired) electrons. The summed E-state index contributed by atoms with van der Waals surface area (Å²) in [5, 5.41) is 2.99. The molecule has 1 aromatic carbocycles. The smallest absolute Gasteiger partial charge is 0.152 e. The van der Waals surface area contributed by atoms with E-state index in [4.69, 9.17) is 0 Å². The molecule has 0 amide bonds. The molecule has 13 heavy (non-hydrogen) atoms. The summed E-state index contributed by atoms with van der Waals surface area (Å²) in [6.07, 6.45) is 0.517. The molecule has 1 rings (SSSR count). The molecule has 0 aliphatic carbocycles. The van der Waals surface area contributed by atoms with Gasteiger partial charge in [-0.3, -0.25) is 4.79 Å². The Balaban J connectivity index is 3.02. The molecule has 0 bridgehead atoms. The average molecular weight is 181 g/mol. The Hall–Kier alpha value is -1.22. The number of nitrogens with one attached hydrogen (secondary N) is 1. The highest BCUT2D eigenvalue weighted by atomic mass is 19.1. The summed E-state index contributed by atoms with van der Waals surface area (Å²) in [4.78, 5) is 10.3. The summed E-state index contributed by atoms with van der Waals surface area (Å²) in [5.41, 5.74) is 0.942. The van der Waals surface area contributed by atoms with Gasteiger partial charge in [0, 0.05) is 6.04 Å². The van der Waals surface area contributed by atoms with Crippen LogP contribution in [0, 0.1) is 5.82 Å². The molecule has 0 saturated heterocycles. The van der Waals surface area contributed by atoms with E-state index in [9.17, 15) is 9.18 Å². The largest absolute Gasteiger partial charge is 0.313 e. The first-order valence-corrected chi connectivity index (χ1v) is 4.11. The van der Waals surface area contributed by atoms with Crippen molar-refractivity contribution in [3.8, 4) is 0 Å². The van der Waals surface area contributed by atoms with E-state index in [1.807, 2.05) is 6.92 Å². The van der Waals surface area contributed by atoms with Crippen molar-refractivity contribution < 1.29 is 9.18 Å². The van der Waals surface area contributed by atoms with Crippen molar-refractivity contribution in [2.24, 2.45) is 0 Å². The molecule has 0 saturated carbocycles. The Morgan fingerprint density at radius 1 is 1.54 bits per heavy atom. The summed E-state index contributed by atoms with van der Waals surface area (Å²) in [6, 6.07) is 4.71. The van der Waals surface area contributed by atoms with Crippen LogP contribution in [-0.4, -0.2) is 13.3 Å². The first kappa shape index (κ1) is 9.86. The van der Waals surface area contributed by atoms with Gasteiger partial charge >= 0.3 is 0 Å². The molecule has 1 N–H and O–H groups in total. The van der Waals surface area contributed by atoms with Crippen molar-refractivity contribution in [3.63, 3.8) is 0 Å². The number of halogens is 1. The van der Waals surface area contributed by atoms with Crippen LogP contribution in [0.15, 0.2) is 18.2 Å². The Morgan fingerprint density at radius 3 is 2.69 bits per heavy atom. The second kappa shape index (κ2) is 4.14. The summed E-state index contributed by atoms with van der Waals surface area (Å²) in [6.45, 7) is 1.93. The van der Waals surface area contributed by atoms with Crippen LogP contribution < -0.4 is 5.32 Å². The second-order valence-electron chi connectivity index (χ2n) is 2.91. The van der Waals surface area contributed by atoms with Gasteiger partial charge in [0.25, 0.3) is 0 Å². The third kappa shape index (κ3) is 2.12.